The summed E-state index contributed by atoms with van der Waals surface area (Å²) < 4.78 is 41.3. The maximum absolute atomic E-state index is 11.8. The average molecular weight is 265 g/mol. The number of rotatable bonds is 5. The summed E-state index contributed by atoms with van der Waals surface area (Å²) in [6, 6.07) is 0. The van der Waals surface area contributed by atoms with Gasteiger partial charge in [0.1, 0.15) is 13.2 Å². The van der Waals surface area contributed by atoms with Crippen molar-refractivity contribution in [3.63, 3.8) is 0 Å². The molecular weight excluding hydrogens is 251 g/mol. The number of likely N-dealkylation sites (N-methyl/N-ethyl adjacent to an activating group) is 1. The smallest absolute Gasteiger partial charge is 0.362 e. The monoisotopic (exact) mass is 265 g/mol. The molecule has 0 radical (unpaired) electrons. The highest BCUT2D eigenvalue weighted by molar-refractivity contribution is 5.77. The lowest BCUT2D eigenvalue weighted by Gasteiger charge is -2.16. The van der Waals surface area contributed by atoms with E-state index in [0.717, 1.165) is 5.56 Å². The summed E-state index contributed by atoms with van der Waals surface area (Å²) in [5.41, 5.74) is 0.796. The van der Waals surface area contributed by atoms with Crippen LogP contribution in [0.4, 0.5) is 13.2 Å². The zero-order chi connectivity index (χ0) is 13.8. The van der Waals surface area contributed by atoms with E-state index in [2.05, 4.69) is 9.84 Å². The van der Waals surface area contributed by atoms with Crippen molar-refractivity contribution in [3.05, 3.63) is 18.0 Å². The summed E-state index contributed by atoms with van der Waals surface area (Å²) in [7, 11) is 3.23. The molecule has 0 saturated carbocycles. The van der Waals surface area contributed by atoms with Gasteiger partial charge in [0.2, 0.25) is 5.91 Å². The summed E-state index contributed by atoms with van der Waals surface area (Å²) in [6.07, 6.45) is -1.11. The fraction of sp³-hybridized carbons (Fsp3) is 0.600. The molecule has 1 heterocycles. The molecule has 1 rings (SSSR count). The molecule has 0 bridgehead atoms. The van der Waals surface area contributed by atoms with Gasteiger partial charge in [-0.05, 0) is 0 Å². The minimum absolute atomic E-state index is 0.280. The van der Waals surface area contributed by atoms with E-state index in [1.165, 1.54) is 11.9 Å². The van der Waals surface area contributed by atoms with Crippen molar-refractivity contribution in [2.24, 2.45) is 7.05 Å². The first-order valence-corrected chi connectivity index (χ1v) is 5.14. The molecule has 18 heavy (non-hydrogen) atoms. The van der Waals surface area contributed by atoms with Crippen LogP contribution in [0.2, 0.25) is 0 Å². The number of nitrogens with zero attached hydrogens (tertiary/aromatic N) is 3. The van der Waals surface area contributed by atoms with Gasteiger partial charge >= 0.3 is 6.18 Å². The molecule has 0 saturated heterocycles. The van der Waals surface area contributed by atoms with Gasteiger partial charge in [0, 0.05) is 32.4 Å². The van der Waals surface area contributed by atoms with Crippen molar-refractivity contribution in [3.8, 4) is 0 Å². The highest BCUT2D eigenvalue weighted by atomic mass is 19.4. The van der Waals surface area contributed by atoms with Crippen LogP contribution in [0.3, 0.4) is 0 Å². The van der Waals surface area contributed by atoms with E-state index < -0.39 is 25.3 Å². The van der Waals surface area contributed by atoms with Crippen LogP contribution >= 0.6 is 0 Å². The third-order valence-electron chi connectivity index (χ3n) is 2.10. The van der Waals surface area contributed by atoms with Crippen molar-refractivity contribution in [2.45, 2.75) is 12.7 Å². The van der Waals surface area contributed by atoms with E-state index in [0.29, 0.717) is 0 Å². The zero-order valence-electron chi connectivity index (χ0n) is 10.1. The lowest BCUT2D eigenvalue weighted by Crippen LogP contribution is -2.31. The Kier molecular flexibility index (Phi) is 4.71. The average Bonchev–Trinajstić information content (AvgIpc) is 2.61. The number of amides is 1. The van der Waals surface area contributed by atoms with E-state index in [-0.39, 0.29) is 6.54 Å². The first-order chi connectivity index (χ1) is 8.28. The molecule has 0 N–H and O–H groups in total. The van der Waals surface area contributed by atoms with E-state index in [1.54, 1.807) is 24.1 Å². The highest BCUT2D eigenvalue weighted by Crippen LogP contribution is 2.14. The lowest BCUT2D eigenvalue weighted by atomic mass is 10.3. The summed E-state index contributed by atoms with van der Waals surface area (Å²) in [6.45, 7) is -1.72. The Morgan fingerprint density at radius 1 is 1.56 bits per heavy atom. The Morgan fingerprint density at radius 2 is 2.22 bits per heavy atom. The van der Waals surface area contributed by atoms with Crippen LogP contribution in [0.25, 0.3) is 0 Å². The van der Waals surface area contributed by atoms with Crippen molar-refractivity contribution in [2.75, 3.05) is 20.3 Å². The van der Waals surface area contributed by atoms with Crippen molar-refractivity contribution >= 4 is 5.91 Å². The molecule has 1 amide bonds. The Morgan fingerprint density at radius 3 is 2.72 bits per heavy atom. The second kappa shape index (κ2) is 5.85. The van der Waals surface area contributed by atoms with Gasteiger partial charge < -0.3 is 9.64 Å². The lowest BCUT2D eigenvalue weighted by molar-refractivity contribution is -0.177. The molecule has 102 valence electrons. The predicted octanol–water partition coefficient (Wildman–Crippen LogP) is 0.957. The second-order valence-electron chi connectivity index (χ2n) is 3.88. The maximum Gasteiger partial charge on any atom is 0.411 e. The van der Waals surface area contributed by atoms with Crippen LogP contribution < -0.4 is 0 Å². The predicted molar refractivity (Wildman–Crippen MR) is 56.6 cm³/mol. The molecule has 0 fully saturated rings. The highest BCUT2D eigenvalue weighted by Gasteiger charge is 2.28. The van der Waals surface area contributed by atoms with Crippen LogP contribution in [-0.4, -0.2) is 47.0 Å². The number of aryl methyl sites for hydroxylation is 1. The van der Waals surface area contributed by atoms with Gasteiger partial charge in [0.25, 0.3) is 0 Å². The van der Waals surface area contributed by atoms with Crippen LogP contribution in [0.1, 0.15) is 5.56 Å². The van der Waals surface area contributed by atoms with E-state index >= 15 is 0 Å². The van der Waals surface area contributed by atoms with Gasteiger partial charge in [-0.25, -0.2) is 0 Å². The Bertz CT molecular complexity index is 403. The molecule has 0 atom stereocenters. The van der Waals surface area contributed by atoms with E-state index in [1.807, 2.05) is 0 Å². The van der Waals surface area contributed by atoms with Gasteiger partial charge in [-0.3, -0.25) is 9.48 Å². The van der Waals surface area contributed by atoms with Gasteiger partial charge in [-0.15, -0.1) is 0 Å². The number of carbonyl (C=O) groups excluding carboxylic acids is 1. The first-order valence-electron chi connectivity index (χ1n) is 5.14. The minimum Gasteiger partial charge on any atom is -0.362 e. The summed E-state index contributed by atoms with van der Waals surface area (Å²) in [5.74, 6) is -0.511. The third kappa shape index (κ3) is 5.17. The Labute approximate surface area is 102 Å². The number of ether oxygens (including phenoxy) is 1. The Balaban J connectivity index is 2.33. The minimum atomic E-state index is -4.41. The van der Waals surface area contributed by atoms with Crippen LogP contribution in [0.5, 0.6) is 0 Å². The molecule has 5 nitrogen and oxygen atoms in total. The maximum atomic E-state index is 11.8. The standard InChI is InChI=1S/C10H14F3N3O2/c1-15(4-8-3-14-16(2)5-8)9(17)6-18-7-10(11,12)13/h3,5H,4,6-7H2,1-2H3. The number of hydrogen-bond donors (Lipinski definition) is 0. The van der Waals surface area contributed by atoms with E-state index in [4.69, 9.17) is 0 Å². The molecule has 0 aromatic carbocycles. The fourth-order valence-corrected chi connectivity index (χ4v) is 1.28. The molecule has 0 aliphatic carbocycles. The quantitative estimate of drug-likeness (QED) is 0.796. The molecule has 1 aromatic heterocycles. The van der Waals surface area contributed by atoms with Crippen LogP contribution in [0, 0.1) is 0 Å². The summed E-state index contributed by atoms with van der Waals surface area (Å²) in [5, 5.41) is 3.92. The number of hydrogen-bond acceptors (Lipinski definition) is 3. The summed E-state index contributed by atoms with van der Waals surface area (Å²) in [4.78, 5) is 12.7. The SMILES string of the molecule is CN(Cc1cnn(C)c1)C(=O)COCC(F)(F)F. The van der Waals surface area contributed by atoms with Crippen LogP contribution in [-0.2, 0) is 23.1 Å². The molecule has 1 aromatic rings. The van der Waals surface area contributed by atoms with Gasteiger partial charge in [-0.2, -0.15) is 18.3 Å². The molecule has 8 heteroatoms. The molecule has 0 spiro atoms. The second-order valence-corrected chi connectivity index (χ2v) is 3.88. The number of aromatic nitrogens is 2. The van der Waals surface area contributed by atoms with Gasteiger partial charge in [-0.1, -0.05) is 0 Å². The Hall–Kier alpha value is -1.57. The molecular formula is C10H14F3N3O2. The molecule has 0 aliphatic rings. The van der Waals surface area contributed by atoms with Crippen LogP contribution in [0.15, 0.2) is 12.4 Å². The largest absolute Gasteiger partial charge is 0.411 e. The third-order valence-corrected chi connectivity index (χ3v) is 2.10. The van der Waals surface area contributed by atoms with Gasteiger partial charge in [0.15, 0.2) is 0 Å². The number of halogens is 3. The normalized spacial score (nSPS) is 11.6. The topological polar surface area (TPSA) is 47.4 Å². The fourth-order valence-electron chi connectivity index (χ4n) is 1.28. The number of carbonyl (C=O) groups is 1. The van der Waals surface area contributed by atoms with Gasteiger partial charge in [0.05, 0.1) is 6.20 Å². The summed E-state index contributed by atoms with van der Waals surface area (Å²) >= 11 is 0. The molecule has 0 aliphatic heterocycles. The first kappa shape index (κ1) is 14.5. The molecule has 0 unspecified atom stereocenters. The van der Waals surface area contributed by atoms with Crippen molar-refractivity contribution in [1.29, 1.82) is 0 Å². The van der Waals surface area contributed by atoms with Crippen molar-refractivity contribution in [1.82, 2.24) is 14.7 Å². The zero-order valence-corrected chi connectivity index (χ0v) is 10.1. The number of alkyl halides is 3. The van der Waals surface area contributed by atoms with E-state index in [9.17, 15) is 18.0 Å². The van der Waals surface area contributed by atoms with Crippen molar-refractivity contribution < 1.29 is 22.7 Å².